The van der Waals surface area contributed by atoms with E-state index in [2.05, 4.69) is 0 Å². The first kappa shape index (κ1) is 15.0. The largest absolute Gasteiger partial charge is 0.504 e. The first-order valence-corrected chi connectivity index (χ1v) is 6.90. The summed E-state index contributed by atoms with van der Waals surface area (Å²) in [5.41, 5.74) is 3.51. The number of phenols is 4. The molecule has 112 valence electrons. The molecule has 21 heavy (non-hydrogen) atoms. The number of aromatic hydroxyl groups is 4. The van der Waals surface area contributed by atoms with Crippen molar-refractivity contribution in [3.05, 3.63) is 46.5 Å². The SMILES string of the molecule is CCC(c1cc(O)c(O)cc1C)c1cc(O)c(O)cc1C. The molecule has 0 aromatic heterocycles. The van der Waals surface area contributed by atoms with Crippen LogP contribution in [-0.4, -0.2) is 20.4 Å². The van der Waals surface area contributed by atoms with Gasteiger partial charge in [-0.05, 0) is 66.8 Å². The summed E-state index contributed by atoms with van der Waals surface area (Å²) in [5, 5.41) is 38.6. The van der Waals surface area contributed by atoms with Crippen molar-refractivity contribution in [2.45, 2.75) is 33.1 Å². The van der Waals surface area contributed by atoms with Crippen molar-refractivity contribution in [2.24, 2.45) is 0 Å². The number of rotatable bonds is 3. The zero-order valence-corrected chi connectivity index (χ0v) is 12.4. The van der Waals surface area contributed by atoms with Gasteiger partial charge in [0.1, 0.15) is 0 Å². The molecule has 4 heteroatoms. The van der Waals surface area contributed by atoms with E-state index >= 15 is 0 Å². The topological polar surface area (TPSA) is 80.9 Å². The lowest BCUT2D eigenvalue weighted by molar-refractivity contribution is 0.401. The highest BCUT2D eigenvalue weighted by Crippen LogP contribution is 2.40. The van der Waals surface area contributed by atoms with E-state index in [1.165, 1.54) is 12.1 Å². The summed E-state index contributed by atoms with van der Waals surface area (Å²) < 4.78 is 0. The van der Waals surface area contributed by atoms with E-state index in [1.54, 1.807) is 12.1 Å². The van der Waals surface area contributed by atoms with E-state index in [-0.39, 0.29) is 28.9 Å². The summed E-state index contributed by atoms with van der Waals surface area (Å²) in [7, 11) is 0. The molecule has 0 spiro atoms. The molecule has 0 aliphatic carbocycles. The number of benzene rings is 2. The average molecular weight is 288 g/mol. The van der Waals surface area contributed by atoms with Crippen molar-refractivity contribution < 1.29 is 20.4 Å². The Balaban J connectivity index is 2.60. The van der Waals surface area contributed by atoms with Gasteiger partial charge in [0.15, 0.2) is 23.0 Å². The summed E-state index contributed by atoms with van der Waals surface area (Å²) in [6.45, 7) is 5.75. The van der Waals surface area contributed by atoms with Gasteiger partial charge in [-0.1, -0.05) is 6.92 Å². The highest BCUT2D eigenvalue weighted by Gasteiger charge is 2.20. The van der Waals surface area contributed by atoms with Crippen molar-refractivity contribution in [3.63, 3.8) is 0 Å². The van der Waals surface area contributed by atoms with Crippen LogP contribution in [0.25, 0.3) is 0 Å². The predicted octanol–water partition coefficient (Wildman–Crippen LogP) is 3.67. The molecule has 0 atom stereocenters. The predicted molar refractivity (Wildman–Crippen MR) is 81.2 cm³/mol. The molecule has 4 nitrogen and oxygen atoms in total. The first-order valence-electron chi connectivity index (χ1n) is 6.90. The van der Waals surface area contributed by atoms with Crippen LogP contribution in [0.2, 0.25) is 0 Å². The summed E-state index contributed by atoms with van der Waals surface area (Å²) in [6, 6.07) is 6.18. The Kier molecular flexibility index (Phi) is 3.98. The molecular weight excluding hydrogens is 268 g/mol. The van der Waals surface area contributed by atoms with E-state index < -0.39 is 0 Å². The van der Waals surface area contributed by atoms with Crippen LogP contribution >= 0.6 is 0 Å². The molecule has 0 saturated heterocycles. The normalized spacial score (nSPS) is 11.0. The number of aryl methyl sites for hydroxylation is 2. The summed E-state index contributed by atoms with van der Waals surface area (Å²) >= 11 is 0. The molecule has 2 rings (SSSR count). The van der Waals surface area contributed by atoms with E-state index in [0.29, 0.717) is 0 Å². The Morgan fingerprint density at radius 2 is 1.05 bits per heavy atom. The van der Waals surface area contributed by atoms with Crippen LogP contribution in [0.5, 0.6) is 23.0 Å². The Morgan fingerprint density at radius 3 is 1.38 bits per heavy atom. The van der Waals surface area contributed by atoms with Crippen LogP contribution in [0.1, 0.15) is 41.5 Å². The second kappa shape index (κ2) is 5.56. The van der Waals surface area contributed by atoms with Gasteiger partial charge in [-0.2, -0.15) is 0 Å². The highest BCUT2D eigenvalue weighted by atomic mass is 16.3. The molecule has 0 fully saturated rings. The maximum Gasteiger partial charge on any atom is 0.157 e. The first-order chi connectivity index (χ1) is 9.85. The van der Waals surface area contributed by atoms with Crippen molar-refractivity contribution in [1.82, 2.24) is 0 Å². The summed E-state index contributed by atoms with van der Waals surface area (Å²) in [6.07, 6.45) is 0.760. The third-order valence-corrected chi connectivity index (χ3v) is 3.89. The molecule has 0 heterocycles. The maximum atomic E-state index is 9.74. The van der Waals surface area contributed by atoms with Gasteiger partial charge >= 0.3 is 0 Å². The molecule has 0 saturated carbocycles. The highest BCUT2D eigenvalue weighted by molar-refractivity contribution is 5.53. The van der Waals surface area contributed by atoms with Gasteiger partial charge in [0.25, 0.3) is 0 Å². The van der Waals surface area contributed by atoms with Crippen molar-refractivity contribution in [2.75, 3.05) is 0 Å². The van der Waals surface area contributed by atoms with Crippen molar-refractivity contribution in [1.29, 1.82) is 0 Å². The zero-order valence-electron chi connectivity index (χ0n) is 12.4. The lowest BCUT2D eigenvalue weighted by atomic mass is 9.84. The molecule has 2 aromatic carbocycles. The Labute approximate surface area is 123 Å². The number of hydrogen-bond acceptors (Lipinski definition) is 4. The zero-order chi connectivity index (χ0) is 15.7. The standard InChI is InChI=1S/C17H20O4/c1-4-11(12-7-16(20)14(18)5-9(12)2)13-8-17(21)15(19)6-10(13)3/h5-8,11,18-21H,4H2,1-3H3. The fourth-order valence-corrected chi connectivity index (χ4v) is 2.75. The molecule has 0 aliphatic rings. The molecule has 0 unspecified atom stereocenters. The van der Waals surface area contributed by atoms with Crippen LogP contribution in [0.4, 0.5) is 0 Å². The Bertz CT molecular complexity index is 619. The molecule has 4 N–H and O–H groups in total. The van der Waals surface area contributed by atoms with Crippen molar-refractivity contribution >= 4 is 0 Å². The third kappa shape index (κ3) is 2.75. The Hall–Kier alpha value is -2.36. The third-order valence-electron chi connectivity index (χ3n) is 3.89. The second-order valence-electron chi connectivity index (χ2n) is 5.36. The van der Waals surface area contributed by atoms with Crippen LogP contribution in [0.15, 0.2) is 24.3 Å². The fourth-order valence-electron chi connectivity index (χ4n) is 2.75. The molecule has 0 bridgehead atoms. The van der Waals surface area contributed by atoms with Gasteiger partial charge in [0.2, 0.25) is 0 Å². The van der Waals surface area contributed by atoms with Gasteiger partial charge in [0.05, 0.1) is 0 Å². The van der Waals surface area contributed by atoms with E-state index in [4.69, 9.17) is 0 Å². The Morgan fingerprint density at radius 1 is 0.714 bits per heavy atom. The second-order valence-corrected chi connectivity index (χ2v) is 5.36. The van der Waals surface area contributed by atoms with Crippen LogP contribution in [-0.2, 0) is 0 Å². The van der Waals surface area contributed by atoms with E-state index in [9.17, 15) is 20.4 Å². The number of phenolic OH excluding ortho intramolecular Hbond substituents is 4. The molecule has 2 aromatic rings. The van der Waals surface area contributed by atoms with Crippen LogP contribution in [0.3, 0.4) is 0 Å². The summed E-state index contributed by atoms with van der Waals surface area (Å²) in [5.74, 6) is -0.639. The molecule has 0 aliphatic heterocycles. The van der Waals surface area contributed by atoms with Gasteiger partial charge < -0.3 is 20.4 Å². The van der Waals surface area contributed by atoms with Crippen LogP contribution < -0.4 is 0 Å². The minimum Gasteiger partial charge on any atom is -0.504 e. The van der Waals surface area contributed by atoms with Gasteiger partial charge in [-0.25, -0.2) is 0 Å². The van der Waals surface area contributed by atoms with Gasteiger partial charge in [-0.3, -0.25) is 0 Å². The minimum atomic E-state index is -0.158. The molecule has 0 amide bonds. The van der Waals surface area contributed by atoms with E-state index in [1.807, 2.05) is 20.8 Å². The number of hydrogen-bond donors (Lipinski definition) is 4. The van der Waals surface area contributed by atoms with Crippen molar-refractivity contribution in [3.8, 4) is 23.0 Å². The lowest BCUT2D eigenvalue weighted by Crippen LogP contribution is -2.04. The average Bonchev–Trinajstić information content (AvgIpc) is 2.42. The van der Waals surface area contributed by atoms with Crippen LogP contribution in [0, 0.1) is 13.8 Å². The van der Waals surface area contributed by atoms with Gasteiger partial charge in [0, 0.05) is 5.92 Å². The quantitative estimate of drug-likeness (QED) is 0.650. The fraction of sp³-hybridized carbons (Fsp3) is 0.294. The van der Waals surface area contributed by atoms with Gasteiger partial charge in [-0.15, -0.1) is 0 Å². The lowest BCUT2D eigenvalue weighted by Gasteiger charge is -2.21. The monoisotopic (exact) mass is 288 g/mol. The smallest absolute Gasteiger partial charge is 0.157 e. The molecular formula is C17H20O4. The molecule has 0 radical (unpaired) electrons. The van der Waals surface area contributed by atoms with E-state index in [0.717, 1.165) is 28.7 Å². The summed E-state index contributed by atoms with van der Waals surface area (Å²) in [4.78, 5) is 0. The minimum absolute atomic E-state index is 0.0389. The maximum absolute atomic E-state index is 9.74.